The molecule has 35 heavy (non-hydrogen) atoms. The molecule has 0 atom stereocenters. The van der Waals surface area contributed by atoms with Crippen molar-refractivity contribution in [1.82, 2.24) is 4.90 Å². The Bertz CT molecular complexity index is 1010. The Morgan fingerprint density at radius 1 is 0.800 bits per heavy atom. The second kappa shape index (κ2) is 11.2. The molecule has 1 heterocycles. The smallest absolute Gasteiger partial charge is 0.306 e. The molecule has 0 bridgehead atoms. The zero-order valence-electron chi connectivity index (χ0n) is 20.4. The van der Waals surface area contributed by atoms with E-state index in [9.17, 15) is 14.4 Å². The van der Waals surface area contributed by atoms with Crippen LogP contribution >= 0.6 is 0 Å². The van der Waals surface area contributed by atoms with Gasteiger partial charge in [0.25, 0.3) is 5.91 Å². The highest BCUT2D eigenvalue weighted by atomic mass is 16.6. The number of rotatable bonds is 9. The fourth-order valence-electron chi connectivity index (χ4n) is 5.75. The molecule has 2 aromatic rings. The van der Waals surface area contributed by atoms with Crippen LogP contribution in [0.2, 0.25) is 0 Å². The minimum absolute atomic E-state index is 0.00476. The SMILES string of the molecule is NC(=O)C1(OC(=O)CCCC(=O)c2ccccc2)CCC(c2ccccc2)(N2CCCCC2)CC1. The Morgan fingerprint density at radius 2 is 1.40 bits per heavy atom. The van der Waals surface area contributed by atoms with Gasteiger partial charge >= 0.3 is 5.97 Å². The van der Waals surface area contributed by atoms with Gasteiger partial charge in [0.1, 0.15) is 0 Å². The first kappa shape index (κ1) is 25.1. The van der Waals surface area contributed by atoms with Crippen LogP contribution < -0.4 is 5.73 Å². The zero-order valence-corrected chi connectivity index (χ0v) is 20.4. The van der Waals surface area contributed by atoms with Crippen molar-refractivity contribution in [1.29, 1.82) is 0 Å². The Balaban J connectivity index is 1.40. The second-order valence-corrected chi connectivity index (χ2v) is 9.92. The van der Waals surface area contributed by atoms with E-state index in [0.29, 0.717) is 37.7 Å². The Labute approximate surface area is 207 Å². The number of Topliss-reactive ketones (excluding diaryl/α,β-unsaturated/α-hetero) is 1. The summed E-state index contributed by atoms with van der Waals surface area (Å²) in [6.45, 7) is 2.07. The normalized spacial score (nSPS) is 25.0. The number of nitrogens with zero attached hydrogens (tertiary/aromatic N) is 1. The molecule has 0 unspecified atom stereocenters. The van der Waals surface area contributed by atoms with E-state index in [0.717, 1.165) is 13.1 Å². The van der Waals surface area contributed by atoms with Crippen LogP contribution in [0.25, 0.3) is 0 Å². The number of piperidine rings is 1. The van der Waals surface area contributed by atoms with Crippen molar-refractivity contribution >= 4 is 17.7 Å². The van der Waals surface area contributed by atoms with E-state index >= 15 is 0 Å². The summed E-state index contributed by atoms with van der Waals surface area (Å²) in [6, 6.07) is 19.5. The predicted molar refractivity (Wildman–Crippen MR) is 135 cm³/mol. The van der Waals surface area contributed by atoms with Crippen molar-refractivity contribution in [2.75, 3.05) is 13.1 Å². The van der Waals surface area contributed by atoms with Crippen molar-refractivity contribution < 1.29 is 19.1 Å². The number of carbonyl (C=O) groups is 3. The maximum atomic E-state index is 12.7. The standard InChI is InChI=1S/C29H36N2O4/c30-27(34)29(35-26(33)16-10-15-25(32)23-11-4-1-5-12-23)19-17-28(18-20-29,24-13-6-2-7-14-24)31-21-8-3-9-22-31/h1-2,4-7,11-14H,3,8-10,15-22H2,(H2,30,34). The maximum absolute atomic E-state index is 12.7. The molecule has 2 fully saturated rings. The molecule has 0 aromatic heterocycles. The van der Waals surface area contributed by atoms with Crippen molar-refractivity contribution in [2.45, 2.75) is 75.3 Å². The lowest BCUT2D eigenvalue weighted by atomic mass is 9.69. The van der Waals surface area contributed by atoms with E-state index in [1.165, 1.54) is 24.8 Å². The number of ketones is 1. The average Bonchev–Trinajstić information content (AvgIpc) is 2.90. The highest BCUT2D eigenvalue weighted by Gasteiger charge is 2.51. The third kappa shape index (κ3) is 5.64. The van der Waals surface area contributed by atoms with Crippen LogP contribution in [0.1, 0.15) is 80.1 Å². The van der Waals surface area contributed by atoms with Crippen molar-refractivity contribution in [3.63, 3.8) is 0 Å². The Kier molecular flexibility index (Phi) is 8.01. The molecule has 1 aliphatic carbocycles. The molecule has 2 aromatic carbocycles. The number of hydrogen-bond donors (Lipinski definition) is 1. The molecule has 2 N–H and O–H groups in total. The topological polar surface area (TPSA) is 89.7 Å². The van der Waals surface area contributed by atoms with Crippen LogP contribution in [0.5, 0.6) is 0 Å². The summed E-state index contributed by atoms with van der Waals surface area (Å²) in [5.74, 6) is -1.05. The van der Waals surface area contributed by atoms with Crippen molar-refractivity contribution in [3.05, 3.63) is 71.8 Å². The molecule has 1 saturated carbocycles. The number of carbonyl (C=O) groups excluding carboxylic acids is 3. The first-order valence-corrected chi connectivity index (χ1v) is 12.9. The summed E-state index contributed by atoms with van der Waals surface area (Å²) in [5, 5.41) is 0. The van der Waals surface area contributed by atoms with E-state index in [1.54, 1.807) is 12.1 Å². The third-order valence-electron chi connectivity index (χ3n) is 7.80. The van der Waals surface area contributed by atoms with Gasteiger partial charge in [0.05, 0.1) is 0 Å². The number of esters is 1. The van der Waals surface area contributed by atoms with Gasteiger partial charge in [-0.25, -0.2) is 0 Å². The monoisotopic (exact) mass is 476 g/mol. The molecule has 1 aliphatic heterocycles. The summed E-state index contributed by atoms with van der Waals surface area (Å²) in [7, 11) is 0. The maximum Gasteiger partial charge on any atom is 0.306 e. The largest absolute Gasteiger partial charge is 0.449 e. The fraction of sp³-hybridized carbons (Fsp3) is 0.483. The van der Waals surface area contributed by atoms with Crippen LogP contribution in [-0.4, -0.2) is 41.3 Å². The van der Waals surface area contributed by atoms with Crippen molar-refractivity contribution in [2.24, 2.45) is 5.73 Å². The van der Waals surface area contributed by atoms with Crippen LogP contribution in [-0.2, 0) is 19.9 Å². The number of primary amides is 1. The van der Waals surface area contributed by atoms with Crippen LogP contribution in [0.4, 0.5) is 0 Å². The minimum atomic E-state index is -1.28. The van der Waals surface area contributed by atoms with Gasteiger partial charge in [0, 0.05) is 23.9 Å². The van der Waals surface area contributed by atoms with Crippen molar-refractivity contribution in [3.8, 4) is 0 Å². The third-order valence-corrected chi connectivity index (χ3v) is 7.80. The van der Waals surface area contributed by atoms with E-state index in [-0.39, 0.29) is 24.2 Å². The van der Waals surface area contributed by atoms with E-state index in [2.05, 4.69) is 29.2 Å². The van der Waals surface area contributed by atoms with Gasteiger partial charge in [-0.2, -0.15) is 0 Å². The number of likely N-dealkylation sites (tertiary alicyclic amines) is 1. The fourth-order valence-corrected chi connectivity index (χ4v) is 5.75. The number of hydrogen-bond acceptors (Lipinski definition) is 5. The van der Waals surface area contributed by atoms with Gasteiger partial charge in [-0.05, 0) is 63.6 Å². The van der Waals surface area contributed by atoms with Crippen LogP contribution in [0.15, 0.2) is 60.7 Å². The summed E-state index contributed by atoms with van der Waals surface area (Å²) in [5.41, 5.74) is 6.26. The molecule has 4 rings (SSSR count). The van der Waals surface area contributed by atoms with Gasteiger partial charge in [0.2, 0.25) is 0 Å². The molecule has 0 radical (unpaired) electrons. The first-order valence-electron chi connectivity index (χ1n) is 12.9. The summed E-state index contributed by atoms with van der Waals surface area (Å²) in [4.78, 5) is 40.2. The number of nitrogens with two attached hydrogens (primary N) is 1. The summed E-state index contributed by atoms with van der Waals surface area (Å²) >= 11 is 0. The summed E-state index contributed by atoms with van der Waals surface area (Å²) < 4.78 is 5.80. The molecular weight excluding hydrogens is 440 g/mol. The highest BCUT2D eigenvalue weighted by Crippen LogP contribution is 2.47. The lowest BCUT2D eigenvalue weighted by Gasteiger charge is -2.52. The predicted octanol–water partition coefficient (Wildman–Crippen LogP) is 4.76. The van der Waals surface area contributed by atoms with Gasteiger partial charge in [-0.15, -0.1) is 0 Å². The van der Waals surface area contributed by atoms with E-state index in [1.807, 2.05) is 24.3 Å². The van der Waals surface area contributed by atoms with Gasteiger partial charge in [-0.1, -0.05) is 67.1 Å². The van der Waals surface area contributed by atoms with Crippen LogP contribution in [0.3, 0.4) is 0 Å². The minimum Gasteiger partial charge on any atom is -0.449 e. The van der Waals surface area contributed by atoms with Gasteiger partial charge in [-0.3, -0.25) is 19.3 Å². The number of ether oxygens (including phenoxy) is 1. The van der Waals surface area contributed by atoms with Gasteiger partial charge < -0.3 is 10.5 Å². The van der Waals surface area contributed by atoms with E-state index < -0.39 is 17.5 Å². The Morgan fingerprint density at radius 3 is 2.00 bits per heavy atom. The number of amides is 1. The molecule has 0 spiro atoms. The zero-order chi connectivity index (χ0) is 24.7. The lowest BCUT2D eigenvalue weighted by molar-refractivity contribution is -0.175. The average molecular weight is 477 g/mol. The Hall–Kier alpha value is -2.99. The quantitative estimate of drug-likeness (QED) is 0.416. The lowest BCUT2D eigenvalue weighted by Crippen LogP contribution is -2.57. The second-order valence-electron chi connectivity index (χ2n) is 9.92. The molecule has 1 amide bonds. The highest BCUT2D eigenvalue weighted by molar-refractivity contribution is 5.96. The molecular formula is C29H36N2O4. The van der Waals surface area contributed by atoms with Crippen LogP contribution in [0, 0.1) is 0 Å². The van der Waals surface area contributed by atoms with Gasteiger partial charge in [0.15, 0.2) is 11.4 Å². The molecule has 186 valence electrons. The summed E-state index contributed by atoms with van der Waals surface area (Å²) in [6.07, 6.45) is 6.54. The molecule has 2 aliphatic rings. The molecule has 6 heteroatoms. The van der Waals surface area contributed by atoms with E-state index in [4.69, 9.17) is 10.5 Å². The molecule has 6 nitrogen and oxygen atoms in total. The number of benzene rings is 2. The first-order chi connectivity index (χ1) is 17.0. The molecule has 1 saturated heterocycles.